The van der Waals surface area contributed by atoms with Crippen molar-refractivity contribution in [3.8, 4) is 5.75 Å². The molecule has 2 aliphatic rings. The molecule has 0 bridgehead atoms. The van der Waals surface area contributed by atoms with Crippen molar-refractivity contribution >= 4 is 5.91 Å². The predicted octanol–water partition coefficient (Wildman–Crippen LogP) is 0.449. The highest BCUT2D eigenvalue weighted by atomic mass is 16.5. The third kappa shape index (κ3) is 4.71. The fraction of sp³-hybridized carbons (Fsp3) is 0.632. The number of piperazine rings is 1. The van der Waals surface area contributed by atoms with Gasteiger partial charge in [-0.3, -0.25) is 9.69 Å². The minimum absolute atomic E-state index is 0.0718. The van der Waals surface area contributed by atoms with E-state index < -0.39 is 5.60 Å². The molecule has 1 N–H and O–H groups in total. The van der Waals surface area contributed by atoms with E-state index in [2.05, 4.69) is 16.8 Å². The number of methoxy groups -OCH3 is 1. The van der Waals surface area contributed by atoms with Crippen LogP contribution in [0.15, 0.2) is 24.3 Å². The van der Waals surface area contributed by atoms with Crippen molar-refractivity contribution in [1.29, 1.82) is 0 Å². The number of rotatable bonds is 5. The van der Waals surface area contributed by atoms with E-state index in [0.717, 1.165) is 37.5 Å². The lowest BCUT2D eigenvalue weighted by molar-refractivity contribution is -0.130. The number of carbonyl (C=O) groups is 1. The van der Waals surface area contributed by atoms with Crippen molar-refractivity contribution in [2.24, 2.45) is 0 Å². The molecule has 0 saturated carbocycles. The average molecular weight is 347 g/mol. The van der Waals surface area contributed by atoms with E-state index in [0.29, 0.717) is 32.5 Å². The van der Waals surface area contributed by atoms with Crippen LogP contribution in [0.3, 0.4) is 0 Å². The monoisotopic (exact) mass is 347 g/mol. The van der Waals surface area contributed by atoms with E-state index in [9.17, 15) is 9.90 Å². The van der Waals surface area contributed by atoms with E-state index in [-0.39, 0.29) is 5.91 Å². The van der Waals surface area contributed by atoms with Gasteiger partial charge in [-0.1, -0.05) is 12.1 Å². The highest BCUT2D eigenvalue weighted by Crippen LogP contribution is 2.24. The third-order valence-corrected chi connectivity index (χ3v) is 5.29. The number of nitrogens with zero attached hydrogens (tertiary/aromatic N) is 3. The maximum Gasteiger partial charge on any atom is 0.227 e. The number of hydrogen-bond acceptors (Lipinski definition) is 5. The molecule has 0 aromatic heterocycles. The van der Waals surface area contributed by atoms with Gasteiger partial charge in [0.15, 0.2) is 0 Å². The quantitative estimate of drug-likeness (QED) is 0.838. The Hall–Kier alpha value is -1.63. The Morgan fingerprint density at radius 3 is 2.72 bits per heavy atom. The summed E-state index contributed by atoms with van der Waals surface area (Å²) in [5.74, 6) is 0.834. The van der Waals surface area contributed by atoms with Gasteiger partial charge in [-0.05, 0) is 31.2 Å². The van der Waals surface area contributed by atoms with Gasteiger partial charge in [-0.2, -0.15) is 0 Å². The van der Waals surface area contributed by atoms with Crippen molar-refractivity contribution in [1.82, 2.24) is 14.7 Å². The first kappa shape index (κ1) is 18.2. The van der Waals surface area contributed by atoms with E-state index in [4.69, 9.17) is 4.74 Å². The number of likely N-dealkylation sites (N-methyl/N-ethyl adjacent to an activating group) is 1. The summed E-state index contributed by atoms with van der Waals surface area (Å²) in [6.07, 6.45) is 1.00. The normalized spacial score (nSPS) is 25.3. The molecule has 2 fully saturated rings. The second kappa shape index (κ2) is 7.72. The molecule has 2 heterocycles. The van der Waals surface area contributed by atoms with Crippen LogP contribution in [-0.4, -0.2) is 91.3 Å². The SMILES string of the molecule is COc1cccc(CC(=O)N2CCC(O)(CN3CCN(C)CC3)C2)c1. The second-order valence-corrected chi connectivity index (χ2v) is 7.40. The Labute approximate surface area is 150 Å². The summed E-state index contributed by atoms with van der Waals surface area (Å²) >= 11 is 0. The van der Waals surface area contributed by atoms with E-state index in [1.165, 1.54) is 0 Å². The minimum atomic E-state index is -0.778. The summed E-state index contributed by atoms with van der Waals surface area (Å²) in [4.78, 5) is 19.0. The molecule has 0 radical (unpaired) electrons. The Bertz CT molecular complexity index is 601. The van der Waals surface area contributed by atoms with Gasteiger partial charge >= 0.3 is 0 Å². The second-order valence-electron chi connectivity index (χ2n) is 7.40. The van der Waals surface area contributed by atoms with Crippen LogP contribution in [0.5, 0.6) is 5.75 Å². The number of amides is 1. The molecule has 138 valence electrons. The standard InChI is InChI=1S/C19H29N3O3/c1-20-8-10-21(11-9-20)14-19(24)6-7-22(15-19)18(23)13-16-4-3-5-17(12-16)25-2/h3-5,12,24H,6-11,13-15H2,1-2H3. The number of carbonyl (C=O) groups excluding carboxylic acids is 1. The maximum absolute atomic E-state index is 12.6. The molecule has 3 rings (SSSR count). The number of aliphatic hydroxyl groups is 1. The average Bonchev–Trinajstić information content (AvgIpc) is 2.99. The molecule has 25 heavy (non-hydrogen) atoms. The van der Waals surface area contributed by atoms with Crippen LogP contribution in [0.25, 0.3) is 0 Å². The lowest BCUT2D eigenvalue weighted by Gasteiger charge is -2.36. The van der Waals surface area contributed by atoms with Gasteiger partial charge in [0.1, 0.15) is 5.75 Å². The van der Waals surface area contributed by atoms with Crippen molar-refractivity contribution in [3.63, 3.8) is 0 Å². The van der Waals surface area contributed by atoms with Gasteiger partial charge in [0, 0.05) is 39.3 Å². The largest absolute Gasteiger partial charge is 0.497 e. The van der Waals surface area contributed by atoms with Gasteiger partial charge in [-0.25, -0.2) is 0 Å². The topological polar surface area (TPSA) is 56.2 Å². The molecule has 1 aromatic carbocycles. The molecular weight excluding hydrogens is 318 g/mol. The molecule has 2 saturated heterocycles. The summed E-state index contributed by atoms with van der Waals surface area (Å²) < 4.78 is 5.21. The van der Waals surface area contributed by atoms with E-state index >= 15 is 0 Å². The van der Waals surface area contributed by atoms with Gasteiger partial charge in [0.05, 0.1) is 25.7 Å². The van der Waals surface area contributed by atoms with E-state index in [1.807, 2.05) is 24.3 Å². The highest BCUT2D eigenvalue weighted by Gasteiger charge is 2.39. The Kier molecular flexibility index (Phi) is 5.61. The number of ether oxygens (including phenoxy) is 1. The first-order valence-corrected chi connectivity index (χ1v) is 9.01. The summed E-state index contributed by atoms with van der Waals surface area (Å²) in [5, 5.41) is 10.9. The molecule has 6 nitrogen and oxygen atoms in total. The summed E-state index contributed by atoms with van der Waals surface area (Å²) in [5.41, 5.74) is 0.166. The summed E-state index contributed by atoms with van der Waals surface area (Å²) in [6.45, 7) is 5.76. The van der Waals surface area contributed by atoms with E-state index in [1.54, 1.807) is 12.0 Å². The number of hydrogen-bond donors (Lipinski definition) is 1. The van der Waals surface area contributed by atoms with Gasteiger partial charge < -0.3 is 19.6 Å². The van der Waals surface area contributed by atoms with Gasteiger partial charge in [0.2, 0.25) is 5.91 Å². The zero-order valence-corrected chi connectivity index (χ0v) is 15.3. The first-order valence-electron chi connectivity index (χ1n) is 9.01. The van der Waals surface area contributed by atoms with Crippen LogP contribution in [0.2, 0.25) is 0 Å². The Morgan fingerprint density at radius 2 is 2.00 bits per heavy atom. The van der Waals surface area contributed by atoms with Crippen molar-refractivity contribution in [2.45, 2.75) is 18.4 Å². The fourth-order valence-electron chi connectivity index (χ4n) is 3.69. The molecule has 6 heteroatoms. The van der Waals surface area contributed by atoms with Crippen LogP contribution >= 0.6 is 0 Å². The molecule has 0 aliphatic carbocycles. The molecular formula is C19H29N3O3. The molecule has 1 aromatic rings. The maximum atomic E-state index is 12.6. The van der Waals surface area contributed by atoms with Crippen LogP contribution < -0.4 is 4.74 Å². The van der Waals surface area contributed by atoms with Crippen molar-refractivity contribution in [2.75, 3.05) is 60.0 Å². The van der Waals surface area contributed by atoms with Crippen LogP contribution in [-0.2, 0) is 11.2 Å². The predicted molar refractivity (Wildman–Crippen MR) is 96.8 cm³/mol. The zero-order chi connectivity index (χ0) is 17.9. The van der Waals surface area contributed by atoms with Gasteiger partial charge in [-0.15, -0.1) is 0 Å². The summed E-state index contributed by atoms with van der Waals surface area (Å²) in [6, 6.07) is 7.60. The molecule has 1 amide bonds. The first-order chi connectivity index (χ1) is 12.0. The van der Waals surface area contributed by atoms with Crippen molar-refractivity contribution < 1.29 is 14.6 Å². The minimum Gasteiger partial charge on any atom is -0.497 e. The zero-order valence-electron chi connectivity index (χ0n) is 15.3. The van der Waals surface area contributed by atoms with Gasteiger partial charge in [0.25, 0.3) is 0 Å². The summed E-state index contributed by atoms with van der Waals surface area (Å²) in [7, 11) is 3.75. The van der Waals surface area contributed by atoms with Crippen molar-refractivity contribution in [3.05, 3.63) is 29.8 Å². The van der Waals surface area contributed by atoms with Crippen LogP contribution in [0.4, 0.5) is 0 Å². The number of β-amino-alcohol motifs (C(OH)–C–C–N with tert-alkyl or cyclic N) is 1. The smallest absolute Gasteiger partial charge is 0.227 e. The third-order valence-electron chi connectivity index (χ3n) is 5.29. The lowest BCUT2D eigenvalue weighted by atomic mass is 10.0. The van der Waals surface area contributed by atoms with Crippen LogP contribution in [0, 0.1) is 0 Å². The Morgan fingerprint density at radius 1 is 1.24 bits per heavy atom. The number of likely N-dealkylation sites (tertiary alicyclic amines) is 1. The molecule has 2 aliphatic heterocycles. The molecule has 1 atom stereocenters. The lowest BCUT2D eigenvalue weighted by Crippen LogP contribution is -2.52. The van der Waals surface area contributed by atoms with Crippen LogP contribution in [0.1, 0.15) is 12.0 Å². The molecule has 0 spiro atoms. The Balaban J connectivity index is 1.53. The fourth-order valence-corrected chi connectivity index (χ4v) is 3.69. The highest BCUT2D eigenvalue weighted by molar-refractivity contribution is 5.79. The number of benzene rings is 1. The molecule has 1 unspecified atom stereocenters.